The molecule has 0 saturated heterocycles. The van der Waals surface area contributed by atoms with Gasteiger partial charge in [-0.05, 0) is 30.5 Å². The zero-order valence-corrected chi connectivity index (χ0v) is 11.1. The van der Waals surface area contributed by atoms with Crippen LogP contribution in [0, 0.1) is 5.82 Å². The van der Waals surface area contributed by atoms with Gasteiger partial charge in [-0.3, -0.25) is 4.79 Å². The Morgan fingerprint density at radius 2 is 2.11 bits per heavy atom. The van der Waals surface area contributed by atoms with Crippen LogP contribution < -0.4 is 4.72 Å². The molecule has 1 rings (SSSR count). The molecule has 0 amide bonds. The van der Waals surface area contributed by atoms with E-state index in [2.05, 4.69) is 4.72 Å². The van der Waals surface area contributed by atoms with Gasteiger partial charge in [0.15, 0.2) is 0 Å². The lowest BCUT2D eigenvalue weighted by Crippen LogP contribution is -2.28. The molecule has 0 aliphatic carbocycles. The normalized spacial score (nSPS) is 11.4. The van der Waals surface area contributed by atoms with Crippen LogP contribution in [-0.4, -0.2) is 31.8 Å². The van der Waals surface area contributed by atoms with Crippen molar-refractivity contribution in [1.82, 2.24) is 4.72 Å². The first-order valence-electron chi connectivity index (χ1n) is 5.82. The minimum Gasteiger partial charge on any atom is -0.481 e. The smallest absolute Gasteiger partial charge is 0.303 e. The van der Waals surface area contributed by atoms with Crippen LogP contribution >= 0.6 is 0 Å². The highest BCUT2D eigenvalue weighted by Gasteiger charge is 2.10. The van der Waals surface area contributed by atoms with Crippen molar-refractivity contribution in [2.24, 2.45) is 0 Å². The topological polar surface area (TPSA) is 83.5 Å². The van der Waals surface area contributed by atoms with E-state index >= 15 is 0 Å². The van der Waals surface area contributed by atoms with E-state index in [-0.39, 0.29) is 31.0 Å². The van der Waals surface area contributed by atoms with E-state index in [1.165, 1.54) is 12.1 Å². The summed E-state index contributed by atoms with van der Waals surface area (Å²) in [5.41, 5.74) is 0.702. The van der Waals surface area contributed by atoms with E-state index in [0.717, 1.165) is 0 Å². The zero-order chi connectivity index (χ0) is 14.3. The van der Waals surface area contributed by atoms with Gasteiger partial charge in [-0.1, -0.05) is 12.1 Å². The zero-order valence-electron chi connectivity index (χ0n) is 10.3. The summed E-state index contributed by atoms with van der Waals surface area (Å²) in [5.74, 6) is -1.60. The minimum absolute atomic E-state index is 0.0740. The molecule has 0 unspecified atom stereocenters. The number of carbonyl (C=O) groups is 1. The maximum Gasteiger partial charge on any atom is 0.303 e. The lowest BCUT2D eigenvalue weighted by atomic mass is 10.1. The van der Waals surface area contributed by atoms with Gasteiger partial charge in [-0.25, -0.2) is 17.5 Å². The Morgan fingerprint density at radius 1 is 1.37 bits per heavy atom. The van der Waals surface area contributed by atoms with Crippen LogP contribution in [0.1, 0.15) is 18.4 Å². The van der Waals surface area contributed by atoms with Gasteiger partial charge in [0.25, 0.3) is 0 Å². The van der Waals surface area contributed by atoms with Crippen molar-refractivity contribution in [2.45, 2.75) is 19.3 Å². The third-order valence-electron chi connectivity index (χ3n) is 2.43. The van der Waals surface area contributed by atoms with E-state index in [1.807, 2.05) is 0 Å². The Hall–Kier alpha value is -1.47. The number of hydrogen-bond acceptors (Lipinski definition) is 3. The van der Waals surface area contributed by atoms with Gasteiger partial charge in [-0.2, -0.15) is 0 Å². The number of carboxylic acid groups (broad SMARTS) is 1. The summed E-state index contributed by atoms with van der Waals surface area (Å²) in [5, 5.41) is 8.41. The molecule has 0 atom stereocenters. The largest absolute Gasteiger partial charge is 0.481 e. The van der Waals surface area contributed by atoms with Crippen LogP contribution in [0.15, 0.2) is 24.3 Å². The molecule has 0 spiro atoms. The third kappa shape index (κ3) is 6.88. The van der Waals surface area contributed by atoms with Crippen molar-refractivity contribution < 1.29 is 22.7 Å². The van der Waals surface area contributed by atoms with Crippen molar-refractivity contribution in [3.05, 3.63) is 35.6 Å². The second-order valence-corrected chi connectivity index (χ2v) is 6.02. The lowest BCUT2D eigenvalue weighted by Gasteiger charge is -2.06. The van der Waals surface area contributed by atoms with E-state index < -0.39 is 16.0 Å². The number of nitrogens with one attached hydrogen (secondary N) is 1. The molecule has 2 N–H and O–H groups in total. The van der Waals surface area contributed by atoms with Crippen molar-refractivity contribution in [1.29, 1.82) is 0 Å². The van der Waals surface area contributed by atoms with E-state index in [0.29, 0.717) is 12.0 Å². The monoisotopic (exact) mass is 289 g/mol. The molecular weight excluding hydrogens is 273 g/mol. The SMILES string of the molecule is O=C(O)CCCS(=O)(=O)NCCc1cccc(F)c1. The van der Waals surface area contributed by atoms with Gasteiger partial charge in [0, 0.05) is 13.0 Å². The van der Waals surface area contributed by atoms with Crippen molar-refractivity contribution >= 4 is 16.0 Å². The van der Waals surface area contributed by atoms with Crippen molar-refractivity contribution in [3.63, 3.8) is 0 Å². The van der Waals surface area contributed by atoms with E-state index in [9.17, 15) is 17.6 Å². The third-order valence-corrected chi connectivity index (χ3v) is 3.90. The second kappa shape index (κ2) is 7.20. The quantitative estimate of drug-likeness (QED) is 0.752. The number of carboxylic acids is 1. The maximum atomic E-state index is 12.9. The van der Waals surface area contributed by atoms with Crippen LogP contribution in [0.2, 0.25) is 0 Å². The lowest BCUT2D eigenvalue weighted by molar-refractivity contribution is -0.137. The molecule has 0 aliphatic heterocycles. The molecule has 0 heterocycles. The van der Waals surface area contributed by atoms with Gasteiger partial charge in [0.1, 0.15) is 5.82 Å². The van der Waals surface area contributed by atoms with Crippen LogP contribution in [0.25, 0.3) is 0 Å². The molecule has 7 heteroatoms. The molecule has 0 aromatic heterocycles. The Kier molecular flexibility index (Phi) is 5.91. The fraction of sp³-hybridized carbons (Fsp3) is 0.417. The van der Waals surface area contributed by atoms with Crippen molar-refractivity contribution in [3.8, 4) is 0 Å². The van der Waals surface area contributed by atoms with E-state index in [1.54, 1.807) is 12.1 Å². The molecule has 0 fully saturated rings. The Labute approximate surface area is 111 Å². The van der Waals surface area contributed by atoms with Crippen LogP contribution in [0.3, 0.4) is 0 Å². The summed E-state index contributed by atoms with van der Waals surface area (Å²) < 4.78 is 38.2. The van der Waals surface area contributed by atoms with Gasteiger partial charge in [-0.15, -0.1) is 0 Å². The molecule has 0 bridgehead atoms. The summed E-state index contributed by atoms with van der Waals surface area (Å²) in [6.07, 6.45) is 0.283. The Morgan fingerprint density at radius 3 is 2.74 bits per heavy atom. The first kappa shape index (κ1) is 15.6. The summed E-state index contributed by atoms with van der Waals surface area (Å²) in [4.78, 5) is 10.3. The molecule has 0 radical (unpaired) electrons. The van der Waals surface area contributed by atoms with E-state index in [4.69, 9.17) is 5.11 Å². The van der Waals surface area contributed by atoms with Crippen LogP contribution in [0.5, 0.6) is 0 Å². The molecular formula is C12H16FNO4S. The minimum atomic E-state index is -3.46. The fourth-order valence-corrected chi connectivity index (χ4v) is 2.61. The maximum absolute atomic E-state index is 12.9. The Balaban J connectivity index is 2.33. The van der Waals surface area contributed by atoms with Crippen LogP contribution in [-0.2, 0) is 21.2 Å². The molecule has 5 nitrogen and oxygen atoms in total. The molecule has 19 heavy (non-hydrogen) atoms. The van der Waals surface area contributed by atoms with Gasteiger partial charge < -0.3 is 5.11 Å². The highest BCUT2D eigenvalue weighted by molar-refractivity contribution is 7.89. The molecule has 1 aromatic carbocycles. The van der Waals surface area contributed by atoms with Gasteiger partial charge in [0.2, 0.25) is 10.0 Å². The molecule has 106 valence electrons. The number of aliphatic carboxylic acids is 1. The molecule has 1 aromatic rings. The standard InChI is InChI=1S/C12H16FNO4S/c13-11-4-1-3-10(9-11)6-7-14-19(17,18)8-2-5-12(15)16/h1,3-4,9,14H,2,5-8H2,(H,15,16). The molecule has 0 aliphatic rings. The number of hydrogen-bond donors (Lipinski definition) is 2. The highest BCUT2D eigenvalue weighted by atomic mass is 32.2. The van der Waals surface area contributed by atoms with Gasteiger partial charge in [0.05, 0.1) is 5.75 Å². The second-order valence-electron chi connectivity index (χ2n) is 4.09. The number of sulfonamides is 1. The Bertz CT molecular complexity index is 530. The predicted octanol–water partition coefficient (Wildman–Crippen LogP) is 1.15. The predicted molar refractivity (Wildman–Crippen MR) is 68.8 cm³/mol. The van der Waals surface area contributed by atoms with Gasteiger partial charge >= 0.3 is 5.97 Å². The number of halogens is 1. The fourth-order valence-electron chi connectivity index (χ4n) is 1.53. The van der Waals surface area contributed by atoms with Crippen molar-refractivity contribution in [2.75, 3.05) is 12.3 Å². The summed E-state index contributed by atoms with van der Waals surface area (Å²) in [6, 6.07) is 5.94. The molecule has 0 saturated carbocycles. The first-order valence-corrected chi connectivity index (χ1v) is 7.48. The average molecular weight is 289 g/mol. The summed E-state index contributed by atoms with van der Waals surface area (Å²) in [6.45, 7) is 0.166. The number of rotatable bonds is 8. The number of benzene rings is 1. The highest BCUT2D eigenvalue weighted by Crippen LogP contribution is 2.04. The summed E-state index contributed by atoms with van der Waals surface area (Å²) >= 11 is 0. The summed E-state index contributed by atoms with van der Waals surface area (Å²) in [7, 11) is -3.46. The van der Waals surface area contributed by atoms with Crippen LogP contribution in [0.4, 0.5) is 4.39 Å². The average Bonchev–Trinajstić information content (AvgIpc) is 2.27. The first-order chi connectivity index (χ1) is 8.89.